The van der Waals surface area contributed by atoms with Crippen LogP contribution in [0.25, 0.3) is 5.69 Å². The summed E-state index contributed by atoms with van der Waals surface area (Å²) in [6.45, 7) is 0. The second-order valence-corrected chi connectivity index (χ2v) is 7.68. The summed E-state index contributed by atoms with van der Waals surface area (Å²) in [6.07, 6.45) is 0. The number of nitrogens with one attached hydrogen (secondary N) is 1. The van der Waals surface area contributed by atoms with Gasteiger partial charge in [0.2, 0.25) is 5.16 Å². The zero-order valence-corrected chi connectivity index (χ0v) is 17.1. The van der Waals surface area contributed by atoms with Crippen LogP contribution in [-0.2, 0) is 5.75 Å². The second kappa shape index (κ2) is 9.06. The third-order valence-electron chi connectivity index (χ3n) is 4.20. The number of hydrogen-bond donors (Lipinski definition) is 1. The van der Waals surface area contributed by atoms with E-state index in [-0.39, 0.29) is 11.7 Å². The van der Waals surface area contributed by atoms with Crippen molar-refractivity contribution in [2.45, 2.75) is 10.9 Å². The summed E-state index contributed by atoms with van der Waals surface area (Å²) in [4.78, 5) is 12.4. The average Bonchev–Trinajstić information content (AvgIpc) is 3.24. The summed E-state index contributed by atoms with van der Waals surface area (Å²) in [7, 11) is 0. The number of hydrogen-bond acceptors (Lipinski definition) is 5. The molecule has 0 aliphatic heterocycles. The number of halogens is 2. The molecule has 0 aliphatic carbocycles. The van der Waals surface area contributed by atoms with Gasteiger partial charge in [0.1, 0.15) is 5.82 Å². The Kier molecular flexibility index (Phi) is 6.06. The van der Waals surface area contributed by atoms with E-state index in [0.717, 1.165) is 11.3 Å². The van der Waals surface area contributed by atoms with Gasteiger partial charge in [-0.25, -0.2) is 4.39 Å². The fraction of sp³-hybridized carbons (Fsp3) is 0.0476. The van der Waals surface area contributed by atoms with Gasteiger partial charge < -0.3 is 5.32 Å². The van der Waals surface area contributed by atoms with E-state index in [2.05, 4.69) is 20.8 Å². The van der Waals surface area contributed by atoms with Gasteiger partial charge in [0.15, 0.2) is 0 Å². The second-order valence-electron chi connectivity index (χ2n) is 6.30. The molecule has 30 heavy (non-hydrogen) atoms. The third-order valence-corrected chi connectivity index (χ3v) is 5.44. The summed E-state index contributed by atoms with van der Waals surface area (Å²) in [6, 6.07) is 20.2. The Morgan fingerprint density at radius 1 is 1.00 bits per heavy atom. The number of carbonyl (C=O) groups is 1. The molecule has 4 aromatic rings. The Labute approximate surface area is 181 Å². The van der Waals surface area contributed by atoms with Gasteiger partial charge >= 0.3 is 0 Å². The van der Waals surface area contributed by atoms with E-state index in [4.69, 9.17) is 11.6 Å². The van der Waals surface area contributed by atoms with E-state index >= 15 is 0 Å². The van der Waals surface area contributed by atoms with Crippen molar-refractivity contribution in [1.29, 1.82) is 0 Å². The molecule has 0 radical (unpaired) electrons. The summed E-state index contributed by atoms with van der Waals surface area (Å²) >= 11 is 7.30. The number of carbonyl (C=O) groups excluding carboxylic acids is 1. The minimum atomic E-state index is -0.270. The predicted octanol–water partition coefficient (Wildman–Crippen LogP) is 5.00. The van der Waals surface area contributed by atoms with Crippen molar-refractivity contribution in [2.24, 2.45) is 0 Å². The van der Waals surface area contributed by atoms with Crippen LogP contribution in [0, 0.1) is 5.82 Å². The van der Waals surface area contributed by atoms with Gasteiger partial charge in [-0.05, 0) is 76.7 Å². The first-order valence-corrected chi connectivity index (χ1v) is 10.3. The largest absolute Gasteiger partial charge is 0.322 e. The van der Waals surface area contributed by atoms with Crippen LogP contribution in [-0.4, -0.2) is 26.1 Å². The Balaban J connectivity index is 1.44. The van der Waals surface area contributed by atoms with Gasteiger partial charge in [-0.15, -0.1) is 5.10 Å². The minimum Gasteiger partial charge on any atom is -0.322 e. The number of anilines is 1. The van der Waals surface area contributed by atoms with Gasteiger partial charge in [-0.3, -0.25) is 4.79 Å². The smallest absolute Gasteiger partial charge is 0.255 e. The number of aromatic nitrogens is 4. The number of rotatable bonds is 6. The number of thioether (sulfide) groups is 1. The molecular formula is C21H15ClFN5OS. The molecule has 1 aromatic heterocycles. The molecule has 1 heterocycles. The molecule has 0 aliphatic rings. The number of nitrogens with zero attached hydrogens (tertiary/aromatic N) is 4. The number of tetrazole rings is 1. The van der Waals surface area contributed by atoms with Crippen molar-refractivity contribution in [2.75, 3.05) is 5.32 Å². The standard InChI is InChI=1S/C21H15ClFN5OS/c22-16-5-9-18(10-6-16)24-20(29)15-3-11-19(12-4-15)28-21(25-26-27-28)30-13-14-1-7-17(23)8-2-14/h1-12H,13H2,(H,24,29). The normalized spacial score (nSPS) is 10.7. The van der Waals surface area contributed by atoms with E-state index < -0.39 is 0 Å². The molecule has 0 saturated carbocycles. The van der Waals surface area contributed by atoms with Crippen LogP contribution in [0.1, 0.15) is 15.9 Å². The quantitative estimate of drug-likeness (QED) is 0.428. The van der Waals surface area contributed by atoms with Gasteiger partial charge in [0, 0.05) is 22.0 Å². The van der Waals surface area contributed by atoms with Crippen LogP contribution in [0.2, 0.25) is 5.02 Å². The lowest BCUT2D eigenvalue weighted by atomic mass is 10.2. The van der Waals surface area contributed by atoms with Gasteiger partial charge in [0.25, 0.3) is 5.91 Å². The SMILES string of the molecule is O=C(Nc1ccc(Cl)cc1)c1ccc(-n2nnnc2SCc2ccc(F)cc2)cc1. The van der Waals surface area contributed by atoms with E-state index in [1.54, 1.807) is 65.3 Å². The first-order chi connectivity index (χ1) is 14.6. The maximum atomic E-state index is 13.0. The lowest BCUT2D eigenvalue weighted by Gasteiger charge is -2.07. The highest BCUT2D eigenvalue weighted by molar-refractivity contribution is 7.98. The maximum Gasteiger partial charge on any atom is 0.255 e. The highest BCUT2D eigenvalue weighted by Crippen LogP contribution is 2.23. The van der Waals surface area contributed by atoms with E-state index in [1.807, 2.05) is 0 Å². The van der Waals surface area contributed by atoms with Gasteiger partial charge in [0.05, 0.1) is 5.69 Å². The fourth-order valence-electron chi connectivity index (χ4n) is 2.65. The topological polar surface area (TPSA) is 72.7 Å². The average molecular weight is 440 g/mol. The van der Waals surface area contributed by atoms with Crippen LogP contribution in [0.3, 0.4) is 0 Å². The Morgan fingerprint density at radius 2 is 1.70 bits per heavy atom. The van der Waals surface area contributed by atoms with E-state index in [9.17, 15) is 9.18 Å². The van der Waals surface area contributed by atoms with Crippen LogP contribution in [0.5, 0.6) is 0 Å². The zero-order valence-electron chi connectivity index (χ0n) is 15.5. The van der Waals surface area contributed by atoms with Crippen molar-refractivity contribution < 1.29 is 9.18 Å². The van der Waals surface area contributed by atoms with E-state index in [1.165, 1.54) is 23.9 Å². The monoisotopic (exact) mass is 439 g/mol. The molecule has 0 atom stereocenters. The van der Waals surface area contributed by atoms with E-state index in [0.29, 0.717) is 27.2 Å². The van der Waals surface area contributed by atoms with Crippen LogP contribution in [0.15, 0.2) is 78.0 Å². The van der Waals surface area contributed by atoms with Crippen molar-refractivity contribution >= 4 is 35.0 Å². The molecule has 0 fully saturated rings. The first-order valence-electron chi connectivity index (χ1n) is 8.91. The molecule has 6 nitrogen and oxygen atoms in total. The molecule has 1 N–H and O–H groups in total. The van der Waals surface area contributed by atoms with Crippen molar-refractivity contribution in [3.05, 3.63) is 94.8 Å². The summed E-state index contributed by atoms with van der Waals surface area (Å²) < 4.78 is 14.6. The Bertz CT molecular complexity index is 1150. The van der Waals surface area contributed by atoms with Crippen molar-refractivity contribution in [3.8, 4) is 5.69 Å². The summed E-state index contributed by atoms with van der Waals surface area (Å²) in [5, 5.41) is 15.8. The molecule has 0 spiro atoms. The van der Waals surface area contributed by atoms with Crippen molar-refractivity contribution in [1.82, 2.24) is 20.2 Å². The molecule has 9 heteroatoms. The van der Waals surface area contributed by atoms with Crippen molar-refractivity contribution in [3.63, 3.8) is 0 Å². The highest BCUT2D eigenvalue weighted by atomic mass is 35.5. The third kappa shape index (κ3) is 4.84. The predicted molar refractivity (Wildman–Crippen MR) is 115 cm³/mol. The van der Waals surface area contributed by atoms with Crippen LogP contribution >= 0.6 is 23.4 Å². The van der Waals surface area contributed by atoms with Crippen LogP contribution in [0.4, 0.5) is 10.1 Å². The molecular weight excluding hydrogens is 425 g/mol. The lowest BCUT2D eigenvalue weighted by Crippen LogP contribution is -2.12. The maximum absolute atomic E-state index is 13.0. The van der Waals surface area contributed by atoms with Crippen LogP contribution < -0.4 is 5.32 Å². The lowest BCUT2D eigenvalue weighted by molar-refractivity contribution is 0.102. The first kappa shape index (κ1) is 20.1. The Hall–Kier alpha value is -3.23. The minimum absolute atomic E-state index is 0.230. The fourth-order valence-corrected chi connectivity index (χ4v) is 3.62. The molecule has 1 amide bonds. The number of benzene rings is 3. The van der Waals surface area contributed by atoms with Gasteiger partial charge in [-0.1, -0.05) is 35.5 Å². The molecule has 0 bridgehead atoms. The molecule has 0 saturated heterocycles. The molecule has 150 valence electrons. The Morgan fingerprint density at radius 3 is 2.40 bits per heavy atom. The zero-order chi connectivity index (χ0) is 20.9. The van der Waals surface area contributed by atoms with Gasteiger partial charge in [-0.2, -0.15) is 4.68 Å². The molecule has 4 rings (SSSR count). The molecule has 3 aromatic carbocycles. The highest BCUT2D eigenvalue weighted by Gasteiger charge is 2.11. The summed E-state index contributed by atoms with van der Waals surface area (Å²) in [5.41, 5.74) is 2.85. The number of amides is 1. The summed E-state index contributed by atoms with van der Waals surface area (Å²) in [5.74, 6) is 0.0997. The molecule has 0 unspecified atom stereocenters.